The van der Waals surface area contributed by atoms with Crippen LogP contribution < -0.4 is 0 Å². The van der Waals surface area contributed by atoms with E-state index in [0.29, 0.717) is 32.0 Å². The number of fused-ring (bicyclic) bond motifs is 3. The summed E-state index contributed by atoms with van der Waals surface area (Å²) in [7, 11) is -3.61. The van der Waals surface area contributed by atoms with Gasteiger partial charge >= 0.3 is 0 Å². The zero-order chi connectivity index (χ0) is 21.3. The van der Waals surface area contributed by atoms with Gasteiger partial charge < -0.3 is 0 Å². The van der Waals surface area contributed by atoms with Gasteiger partial charge in [-0.1, -0.05) is 72.2 Å². The van der Waals surface area contributed by atoms with Crippen molar-refractivity contribution in [2.75, 3.05) is 0 Å². The van der Waals surface area contributed by atoms with Crippen LogP contribution in [0.1, 0.15) is 22.3 Å². The maximum absolute atomic E-state index is 13.2. The highest BCUT2D eigenvalue weighted by molar-refractivity contribution is 7.92. The fourth-order valence-electron chi connectivity index (χ4n) is 3.54. The molecule has 0 N–H and O–H groups in total. The third kappa shape index (κ3) is 3.64. The molecule has 146 valence electrons. The van der Waals surface area contributed by atoms with Crippen molar-refractivity contribution in [3.63, 3.8) is 0 Å². The number of hydrogen-bond acceptors (Lipinski definition) is 2. The molecule has 0 radical (unpaired) electrons. The van der Waals surface area contributed by atoms with Crippen molar-refractivity contribution >= 4 is 9.84 Å². The summed E-state index contributed by atoms with van der Waals surface area (Å²) in [6, 6.07) is 30.0. The summed E-state index contributed by atoms with van der Waals surface area (Å²) in [4.78, 5) is 0.603. The minimum absolute atomic E-state index is 0.301. The zero-order valence-corrected chi connectivity index (χ0v) is 17.3. The lowest BCUT2D eigenvalue weighted by molar-refractivity contribution is 0.598. The van der Waals surface area contributed by atoms with Gasteiger partial charge in [-0.2, -0.15) is 0 Å². The average Bonchev–Trinajstić information content (AvgIpc) is 3.04. The predicted molar refractivity (Wildman–Crippen MR) is 122 cm³/mol. The molecule has 1 aliphatic rings. The SMILES string of the molecule is O=S1(=O)c2cc(C#Cc3ccccc3)ccc2-c2ccc(C#Cc3ccccc3)cc21. The summed E-state index contributed by atoms with van der Waals surface area (Å²) in [6.07, 6.45) is 0. The van der Waals surface area contributed by atoms with Gasteiger partial charge in [0.05, 0.1) is 9.79 Å². The number of hydrogen-bond donors (Lipinski definition) is 0. The summed E-state index contributed by atoms with van der Waals surface area (Å²) in [5.74, 6) is 12.3. The average molecular weight is 417 g/mol. The third-order valence-corrected chi connectivity index (χ3v) is 6.92. The van der Waals surface area contributed by atoms with Crippen LogP contribution in [-0.2, 0) is 9.84 Å². The topological polar surface area (TPSA) is 34.1 Å². The third-order valence-electron chi connectivity index (χ3n) is 5.08. The van der Waals surface area contributed by atoms with Gasteiger partial charge in [0.15, 0.2) is 0 Å². The molecule has 0 saturated carbocycles. The van der Waals surface area contributed by atoms with Gasteiger partial charge in [0, 0.05) is 33.4 Å². The Labute approximate surface area is 182 Å². The van der Waals surface area contributed by atoms with E-state index in [0.717, 1.165) is 11.1 Å². The molecule has 4 aromatic rings. The molecule has 1 aliphatic heterocycles. The number of rotatable bonds is 0. The highest BCUT2D eigenvalue weighted by Gasteiger charge is 2.33. The first-order chi connectivity index (χ1) is 15.1. The largest absolute Gasteiger partial charge is 0.218 e. The minimum atomic E-state index is -3.61. The van der Waals surface area contributed by atoms with Crippen molar-refractivity contribution in [1.82, 2.24) is 0 Å². The molecule has 2 nitrogen and oxygen atoms in total. The number of sulfone groups is 1. The van der Waals surface area contributed by atoms with Crippen LogP contribution in [0.2, 0.25) is 0 Å². The van der Waals surface area contributed by atoms with Crippen LogP contribution in [0.4, 0.5) is 0 Å². The first-order valence-corrected chi connectivity index (χ1v) is 11.3. The molecule has 0 aromatic heterocycles. The van der Waals surface area contributed by atoms with Crippen LogP contribution in [0.3, 0.4) is 0 Å². The van der Waals surface area contributed by atoms with Crippen molar-refractivity contribution < 1.29 is 8.42 Å². The molecule has 0 fully saturated rings. The van der Waals surface area contributed by atoms with E-state index in [1.165, 1.54) is 0 Å². The van der Waals surface area contributed by atoms with Crippen molar-refractivity contribution in [3.8, 4) is 34.8 Å². The van der Waals surface area contributed by atoms with E-state index in [4.69, 9.17) is 0 Å². The van der Waals surface area contributed by atoms with Gasteiger partial charge in [0.1, 0.15) is 0 Å². The molecule has 0 unspecified atom stereocenters. The fourth-order valence-corrected chi connectivity index (χ4v) is 5.28. The Morgan fingerprint density at radius 3 is 1.26 bits per heavy atom. The summed E-state index contributed by atoms with van der Waals surface area (Å²) < 4.78 is 26.5. The molecular weight excluding hydrogens is 400 g/mol. The first-order valence-electron chi connectivity index (χ1n) is 9.79. The second kappa shape index (κ2) is 7.65. The molecule has 0 atom stereocenters. The second-order valence-electron chi connectivity index (χ2n) is 7.16. The molecule has 0 bridgehead atoms. The molecule has 0 spiro atoms. The van der Waals surface area contributed by atoms with Gasteiger partial charge in [0.25, 0.3) is 0 Å². The standard InChI is InChI=1S/C28H16O2S/c29-31(30)27-19-23(13-11-21-7-3-1-4-8-21)15-17-25(27)26-18-16-24(20-28(26)31)14-12-22-9-5-2-6-10-22/h1-10,15-20H. The quantitative estimate of drug-likeness (QED) is 0.321. The van der Waals surface area contributed by atoms with Crippen LogP contribution >= 0.6 is 0 Å². The second-order valence-corrected chi connectivity index (χ2v) is 9.04. The normalized spacial score (nSPS) is 12.5. The summed E-state index contributed by atoms with van der Waals surface area (Å²) >= 11 is 0. The molecular formula is C28H16O2S. The van der Waals surface area contributed by atoms with Crippen LogP contribution in [0.15, 0.2) is 107 Å². The Morgan fingerprint density at radius 2 is 0.839 bits per heavy atom. The Kier molecular flexibility index (Phi) is 4.68. The van der Waals surface area contributed by atoms with Crippen LogP contribution in [0.5, 0.6) is 0 Å². The Morgan fingerprint density at radius 1 is 0.452 bits per heavy atom. The van der Waals surface area contributed by atoms with Crippen molar-refractivity contribution in [1.29, 1.82) is 0 Å². The van der Waals surface area contributed by atoms with E-state index >= 15 is 0 Å². The smallest absolute Gasteiger partial charge is 0.207 e. The molecule has 3 heteroatoms. The summed E-state index contributed by atoms with van der Waals surface area (Å²) in [5, 5.41) is 0. The Balaban J connectivity index is 1.52. The maximum atomic E-state index is 13.2. The van der Waals surface area contributed by atoms with E-state index < -0.39 is 9.84 Å². The lowest BCUT2D eigenvalue weighted by atomic mass is 10.0. The van der Waals surface area contributed by atoms with Crippen molar-refractivity contribution in [2.24, 2.45) is 0 Å². The van der Waals surface area contributed by atoms with Crippen molar-refractivity contribution in [2.45, 2.75) is 9.79 Å². The summed E-state index contributed by atoms with van der Waals surface area (Å²) in [6.45, 7) is 0. The minimum Gasteiger partial charge on any atom is -0.218 e. The van der Waals surface area contributed by atoms with E-state index in [2.05, 4.69) is 23.7 Å². The Hall–Kier alpha value is -4.05. The molecule has 31 heavy (non-hydrogen) atoms. The molecule has 0 aliphatic carbocycles. The first kappa shape index (κ1) is 18.9. The van der Waals surface area contributed by atoms with E-state index in [-0.39, 0.29) is 0 Å². The van der Waals surface area contributed by atoms with Gasteiger partial charge in [-0.05, 0) is 48.5 Å². The van der Waals surface area contributed by atoms with Gasteiger partial charge in [-0.15, -0.1) is 0 Å². The predicted octanol–water partition coefficient (Wildman–Crippen LogP) is 5.30. The number of benzene rings is 4. The maximum Gasteiger partial charge on any atom is 0.207 e. The van der Waals surface area contributed by atoms with Gasteiger partial charge in [-0.3, -0.25) is 0 Å². The monoisotopic (exact) mass is 416 g/mol. The lowest BCUT2D eigenvalue weighted by Gasteiger charge is -1.99. The van der Waals surface area contributed by atoms with Crippen molar-refractivity contribution in [3.05, 3.63) is 119 Å². The van der Waals surface area contributed by atoms with Crippen LogP contribution in [0, 0.1) is 23.7 Å². The molecule has 5 rings (SSSR count). The van der Waals surface area contributed by atoms with Crippen LogP contribution in [0.25, 0.3) is 11.1 Å². The fraction of sp³-hybridized carbons (Fsp3) is 0. The molecule has 4 aromatic carbocycles. The molecule has 0 amide bonds. The van der Waals surface area contributed by atoms with E-state index in [1.807, 2.05) is 84.9 Å². The molecule has 1 heterocycles. The lowest BCUT2D eigenvalue weighted by Crippen LogP contribution is -1.97. The highest BCUT2D eigenvalue weighted by Crippen LogP contribution is 2.43. The van der Waals surface area contributed by atoms with Gasteiger partial charge in [-0.25, -0.2) is 8.42 Å². The van der Waals surface area contributed by atoms with Crippen LogP contribution in [-0.4, -0.2) is 8.42 Å². The van der Waals surface area contributed by atoms with Gasteiger partial charge in [0.2, 0.25) is 9.84 Å². The summed E-state index contributed by atoms with van der Waals surface area (Å²) in [5.41, 5.74) is 4.53. The highest BCUT2D eigenvalue weighted by atomic mass is 32.2. The van der Waals surface area contributed by atoms with E-state index in [1.54, 1.807) is 12.1 Å². The van der Waals surface area contributed by atoms with E-state index in [9.17, 15) is 8.42 Å². The zero-order valence-electron chi connectivity index (χ0n) is 16.5. The Bertz CT molecular complexity index is 1410. The molecule has 0 saturated heterocycles.